The Hall–Kier alpha value is -1.91. The van der Waals surface area contributed by atoms with E-state index in [4.69, 9.17) is 5.11 Å². The maximum absolute atomic E-state index is 10.6. The number of imidazole rings is 1. The van der Waals surface area contributed by atoms with Crippen LogP contribution in [0.2, 0.25) is 0 Å². The molecule has 1 N–H and O–H groups in total. The molecule has 0 saturated carbocycles. The Morgan fingerprint density at radius 3 is 3.00 bits per heavy atom. The molecule has 0 saturated heterocycles. The molecule has 5 nitrogen and oxygen atoms in total. The number of carbonyl (C=O) groups is 1. The van der Waals surface area contributed by atoms with Crippen molar-refractivity contribution in [1.82, 2.24) is 14.4 Å². The van der Waals surface area contributed by atoms with Gasteiger partial charge in [-0.15, -0.1) is 0 Å². The SMILES string of the molecule is Cc1cnc2nc(C(C)CC(=O)O)cn2c1. The highest BCUT2D eigenvalue weighted by Gasteiger charge is 2.14. The topological polar surface area (TPSA) is 67.5 Å². The first-order chi connectivity index (χ1) is 7.56. The molecule has 0 amide bonds. The number of rotatable bonds is 3. The molecule has 0 aliphatic heterocycles. The lowest BCUT2D eigenvalue weighted by Crippen LogP contribution is -2.02. The monoisotopic (exact) mass is 219 g/mol. The van der Waals surface area contributed by atoms with Crippen LogP contribution in [0.5, 0.6) is 0 Å². The zero-order valence-electron chi connectivity index (χ0n) is 9.21. The van der Waals surface area contributed by atoms with Crippen LogP contribution >= 0.6 is 0 Å². The average Bonchev–Trinajstić information content (AvgIpc) is 2.59. The van der Waals surface area contributed by atoms with Gasteiger partial charge in [-0.3, -0.25) is 9.20 Å². The van der Waals surface area contributed by atoms with Crippen molar-refractivity contribution >= 4 is 11.7 Å². The summed E-state index contributed by atoms with van der Waals surface area (Å²) in [6.45, 7) is 3.80. The number of aryl methyl sites for hydroxylation is 1. The van der Waals surface area contributed by atoms with Gasteiger partial charge in [-0.1, -0.05) is 6.92 Å². The molecule has 0 aliphatic rings. The standard InChI is InChI=1S/C11H13N3O2/c1-7-4-12-11-13-9(6-14(11)5-7)8(2)3-10(15)16/h4-6,8H,3H2,1-2H3,(H,15,16). The summed E-state index contributed by atoms with van der Waals surface area (Å²) < 4.78 is 1.82. The van der Waals surface area contributed by atoms with Gasteiger partial charge in [-0.05, 0) is 12.5 Å². The van der Waals surface area contributed by atoms with Crippen molar-refractivity contribution < 1.29 is 9.90 Å². The molecule has 0 fully saturated rings. The average molecular weight is 219 g/mol. The first-order valence-corrected chi connectivity index (χ1v) is 5.09. The second-order valence-corrected chi connectivity index (χ2v) is 4.00. The van der Waals surface area contributed by atoms with Crippen LogP contribution in [0.3, 0.4) is 0 Å². The smallest absolute Gasteiger partial charge is 0.304 e. The Kier molecular flexibility index (Phi) is 2.60. The van der Waals surface area contributed by atoms with E-state index in [-0.39, 0.29) is 12.3 Å². The lowest BCUT2D eigenvalue weighted by atomic mass is 10.1. The zero-order valence-corrected chi connectivity index (χ0v) is 9.21. The van der Waals surface area contributed by atoms with Crippen molar-refractivity contribution in [3.8, 4) is 0 Å². The number of hydrogen-bond donors (Lipinski definition) is 1. The molecule has 2 rings (SSSR count). The van der Waals surface area contributed by atoms with E-state index in [1.807, 2.05) is 30.6 Å². The van der Waals surface area contributed by atoms with Gasteiger partial charge in [0.2, 0.25) is 5.78 Å². The molecule has 0 radical (unpaired) electrons. The number of hydrogen-bond acceptors (Lipinski definition) is 3. The number of nitrogens with zero attached hydrogens (tertiary/aromatic N) is 3. The number of carboxylic acid groups (broad SMARTS) is 1. The van der Waals surface area contributed by atoms with Gasteiger partial charge in [-0.2, -0.15) is 0 Å². The van der Waals surface area contributed by atoms with Crippen molar-refractivity contribution in [3.05, 3.63) is 29.8 Å². The minimum atomic E-state index is -0.811. The molecular formula is C11H13N3O2. The second kappa shape index (κ2) is 3.92. The highest BCUT2D eigenvalue weighted by Crippen LogP contribution is 2.18. The Morgan fingerprint density at radius 2 is 2.31 bits per heavy atom. The van der Waals surface area contributed by atoms with Gasteiger partial charge in [0.15, 0.2) is 0 Å². The van der Waals surface area contributed by atoms with Gasteiger partial charge in [0.05, 0.1) is 12.1 Å². The summed E-state index contributed by atoms with van der Waals surface area (Å²) in [5.74, 6) is -0.300. The fourth-order valence-electron chi connectivity index (χ4n) is 1.61. The molecule has 0 spiro atoms. The predicted octanol–water partition coefficient (Wildman–Crippen LogP) is 1.62. The van der Waals surface area contributed by atoms with Crippen LogP contribution < -0.4 is 0 Å². The van der Waals surface area contributed by atoms with E-state index in [1.54, 1.807) is 6.20 Å². The summed E-state index contributed by atoms with van der Waals surface area (Å²) in [5, 5.41) is 8.71. The van der Waals surface area contributed by atoms with Crippen LogP contribution in [-0.4, -0.2) is 25.4 Å². The normalized spacial score (nSPS) is 12.9. The lowest BCUT2D eigenvalue weighted by Gasteiger charge is -2.02. The largest absolute Gasteiger partial charge is 0.481 e. The van der Waals surface area contributed by atoms with Crippen molar-refractivity contribution in [3.63, 3.8) is 0 Å². The Balaban J connectivity index is 2.35. The van der Waals surface area contributed by atoms with Gasteiger partial charge in [0, 0.05) is 24.5 Å². The highest BCUT2D eigenvalue weighted by molar-refractivity contribution is 5.67. The van der Waals surface area contributed by atoms with Gasteiger partial charge >= 0.3 is 5.97 Å². The minimum absolute atomic E-state index is 0.0862. The molecule has 84 valence electrons. The van der Waals surface area contributed by atoms with Crippen LogP contribution in [0, 0.1) is 6.92 Å². The molecule has 2 aromatic rings. The third-order valence-corrected chi connectivity index (χ3v) is 2.44. The molecule has 0 bridgehead atoms. The Morgan fingerprint density at radius 1 is 1.56 bits per heavy atom. The molecule has 5 heteroatoms. The lowest BCUT2D eigenvalue weighted by molar-refractivity contribution is -0.137. The van der Waals surface area contributed by atoms with Crippen LogP contribution in [0.25, 0.3) is 5.78 Å². The van der Waals surface area contributed by atoms with Crippen LogP contribution in [0.1, 0.15) is 30.5 Å². The number of aliphatic carboxylic acids is 1. The maximum Gasteiger partial charge on any atom is 0.304 e. The van der Waals surface area contributed by atoms with Crippen molar-refractivity contribution in [2.75, 3.05) is 0 Å². The molecule has 0 aromatic carbocycles. The third-order valence-electron chi connectivity index (χ3n) is 2.44. The Labute approximate surface area is 92.8 Å². The number of aromatic nitrogens is 3. The van der Waals surface area contributed by atoms with E-state index >= 15 is 0 Å². The minimum Gasteiger partial charge on any atom is -0.481 e. The first kappa shape index (κ1) is 10.6. The van der Waals surface area contributed by atoms with E-state index in [1.165, 1.54) is 0 Å². The fraction of sp³-hybridized carbons (Fsp3) is 0.364. The van der Waals surface area contributed by atoms with Gasteiger partial charge in [0.1, 0.15) is 0 Å². The molecule has 16 heavy (non-hydrogen) atoms. The molecule has 1 unspecified atom stereocenters. The maximum atomic E-state index is 10.6. The third kappa shape index (κ3) is 2.03. The molecule has 1 atom stereocenters. The summed E-state index contributed by atoms with van der Waals surface area (Å²) in [4.78, 5) is 19.1. The van der Waals surface area contributed by atoms with Gasteiger partial charge in [0.25, 0.3) is 0 Å². The second-order valence-electron chi connectivity index (χ2n) is 4.00. The van der Waals surface area contributed by atoms with E-state index in [9.17, 15) is 4.79 Å². The van der Waals surface area contributed by atoms with Crippen molar-refractivity contribution in [2.45, 2.75) is 26.2 Å². The van der Waals surface area contributed by atoms with E-state index in [2.05, 4.69) is 9.97 Å². The van der Waals surface area contributed by atoms with E-state index < -0.39 is 5.97 Å². The van der Waals surface area contributed by atoms with Gasteiger partial charge in [-0.25, -0.2) is 9.97 Å². The van der Waals surface area contributed by atoms with Crippen molar-refractivity contribution in [2.24, 2.45) is 0 Å². The molecule has 2 heterocycles. The number of fused-ring (bicyclic) bond motifs is 1. The first-order valence-electron chi connectivity index (χ1n) is 5.09. The predicted molar refractivity (Wildman–Crippen MR) is 58.4 cm³/mol. The summed E-state index contributed by atoms with van der Waals surface area (Å²) in [6, 6.07) is 0. The fourth-order valence-corrected chi connectivity index (χ4v) is 1.61. The van der Waals surface area contributed by atoms with Crippen LogP contribution in [-0.2, 0) is 4.79 Å². The van der Waals surface area contributed by atoms with Crippen LogP contribution in [0.4, 0.5) is 0 Å². The van der Waals surface area contributed by atoms with Crippen molar-refractivity contribution in [1.29, 1.82) is 0 Å². The summed E-state index contributed by atoms with van der Waals surface area (Å²) >= 11 is 0. The summed E-state index contributed by atoms with van der Waals surface area (Å²) in [7, 11) is 0. The van der Waals surface area contributed by atoms with Gasteiger partial charge < -0.3 is 5.11 Å². The Bertz CT molecular complexity index is 533. The number of carboxylic acids is 1. The molecule has 2 aromatic heterocycles. The quantitative estimate of drug-likeness (QED) is 0.851. The highest BCUT2D eigenvalue weighted by atomic mass is 16.4. The molecular weight excluding hydrogens is 206 g/mol. The summed E-state index contributed by atoms with van der Waals surface area (Å²) in [5.41, 5.74) is 1.81. The van der Waals surface area contributed by atoms with E-state index in [0.717, 1.165) is 11.3 Å². The van der Waals surface area contributed by atoms with E-state index in [0.29, 0.717) is 5.78 Å². The molecule has 0 aliphatic carbocycles. The van der Waals surface area contributed by atoms with Crippen LogP contribution in [0.15, 0.2) is 18.6 Å². The zero-order chi connectivity index (χ0) is 11.7. The summed E-state index contributed by atoms with van der Waals surface area (Å²) in [6.07, 6.45) is 5.59.